The summed E-state index contributed by atoms with van der Waals surface area (Å²) >= 11 is 7.10. The number of halogens is 1. The summed E-state index contributed by atoms with van der Waals surface area (Å²) in [6.45, 7) is 0.680. The summed E-state index contributed by atoms with van der Waals surface area (Å²) in [5.41, 5.74) is 8.06. The molecule has 0 spiro atoms. The number of carbonyl (C=O) groups excluding carboxylic acids is 3. The average molecular weight is 474 g/mol. The number of aryl methyl sites for hydroxylation is 1. The Morgan fingerprint density at radius 3 is 2.69 bits per heavy atom. The molecule has 3 amide bonds. The van der Waals surface area contributed by atoms with Crippen molar-refractivity contribution >= 4 is 46.8 Å². The summed E-state index contributed by atoms with van der Waals surface area (Å²) in [5, 5.41) is 8.96. The zero-order chi connectivity index (χ0) is 22.7. The summed E-state index contributed by atoms with van der Waals surface area (Å²) in [7, 11) is 0. The van der Waals surface area contributed by atoms with Crippen molar-refractivity contribution in [3.8, 4) is 0 Å². The zero-order valence-corrected chi connectivity index (χ0v) is 18.8. The number of carbonyl (C=O) groups is 3. The summed E-state index contributed by atoms with van der Waals surface area (Å²) < 4.78 is 0. The van der Waals surface area contributed by atoms with Crippen LogP contribution in [0.2, 0.25) is 5.02 Å². The minimum Gasteiger partial charge on any atom is -0.338 e. The quantitative estimate of drug-likeness (QED) is 0.522. The van der Waals surface area contributed by atoms with Crippen molar-refractivity contribution in [2.75, 3.05) is 17.2 Å². The second-order valence-corrected chi connectivity index (χ2v) is 9.16. The molecule has 2 aromatic rings. The van der Waals surface area contributed by atoms with Crippen molar-refractivity contribution in [1.29, 1.82) is 0 Å². The highest BCUT2D eigenvalue weighted by atomic mass is 35.5. The molecule has 2 aromatic carbocycles. The predicted molar refractivity (Wildman–Crippen MR) is 125 cm³/mol. The van der Waals surface area contributed by atoms with Gasteiger partial charge in [-0.1, -0.05) is 29.8 Å². The van der Waals surface area contributed by atoms with Gasteiger partial charge >= 0.3 is 0 Å². The highest BCUT2D eigenvalue weighted by Gasteiger charge is 2.36. The van der Waals surface area contributed by atoms with Gasteiger partial charge in [-0.15, -0.1) is 11.8 Å². The molecule has 3 atom stereocenters. The number of thioether (sulfide) groups is 1. The van der Waals surface area contributed by atoms with Crippen molar-refractivity contribution in [2.45, 2.75) is 30.5 Å². The van der Waals surface area contributed by atoms with Gasteiger partial charge in [0.2, 0.25) is 11.8 Å². The van der Waals surface area contributed by atoms with E-state index in [0.29, 0.717) is 17.1 Å². The van der Waals surface area contributed by atoms with Crippen molar-refractivity contribution in [3.63, 3.8) is 0 Å². The molecule has 5 N–H and O–H groups in total. The second kappa shape index (κ2) is 9.91. The van der Waals surface area contributed by atoms with Gasteiger partial charge in [0, 0.05) is 22.8 Å². The Balaban J connectivity index is 1.31. The molecule has 1 saturated heterocycles. The molecule has 2 heterocycles. The van der Waals surface area contributed by atoms with Crippen LogP contribution in [0, 0.1) is 0 Å². The van der Waals surface area contributed by atoms with E-state index in [4.69, 9.17) is 17.3 Å². The van der Waals surface area contributed by atoms with E-state index in [1.807, 2.05) is 24.3 Å². The van der Waals surface area contributed by atoms with Gasteiger partial charge in [-0.3, -0.25) is 19.7 Å². The Labute approximate surface area is 195 Å². The minimum atomic E-state index is -0.945. The first-order chi connectivity index (χ1) is 15.4. The first kappa shape index (κ1) is 22.6. The van der Waals surface area contributed by atoms with Gasteiger partial charge < -0.3 is 21.3 Å². The number of fused-ring (bicyclic) bond motifs is 1. The van der Waals surface area contributed by atoms with E-state index in [-0.39, 0.29) is 11.7 Å². The van der Waals surface area contributed by atoms with Crippen molar-refractivity contribution < 1.29 is 14.4 Å². The maximum Gasteiger partial charge on any atom is 0.252 e. The fourth-order valence-electron chi connectivity index (χ4n) is 3.79. The van der Waals surface area contributed by atoms with Crippen LogP contribution in [0.3, 0.4) is 0 Å². The fourth-order valence-corrected chi connectivity index (χ4v) is 4.83. The number of rotatable bonds is 5. The lowest BCUT2D eigenvalue weighted by Crippen LogP contribution is -2.70. The molecule has 168 valence electrons. The van der Waals surface area contributed by atoms with E-state index in [1.165, 1.54) is 17.3 Å². The SMILES string of the molecule is NC1NC(SCC(=O)N2CCCc3ccccc32)NC(=O)C1NC(=O)c1ccc(Cl)cc1. The molecule has 4 rings (SSSR count). The first-order valence-electron chi connectivity index (χ1n) is 10.3. The van der Waals surface area contributed by atoms with Gasteiger partial charge in [0.05, 0.1) is 11.9 Å². The van der Waals surface area contributed by atoms with Crippen LogP contribution >= 0.6 is 23.4 Å². The van der Waals surface area contributed by atoms with Crippen molar-refractivity contribution in [1.82, 2.24) is 16.0 Å². The van der Waals surface area contributed by atoms with Crippen LogP contribution in [-0.2, 0) is 16.0 Å². The summed E-state index contributed by atoms with van der Waals surface area (Å²) in [6, 6.07) is 13.3. The molecule has 0 aliphatic carbocycles. The van der Waals surface area contributed by atoms with Crippen molar-refractivity contribution in [3.05, 3.63) is 64.7 Å². The highest BCUT2D eigenvalue weighted by Crippen LogP contribution is 2.27. The molecular weight excluding hydrogens is 450 g/mol. The average Bonchev–Trinajstić information content (AvgIpc) is 2.79. The lowest BCUT2D eigenvalue weighted by atomic mass is 10.0. The maximum atomic E-state index is 12.8. The molecule has 0 saturated carbocycles. The van der Waals surface area contributed by atoms with E-state index in [9.17, 15) is 14.4 Å². The Hall–Kier alpha value is -2.59. The summed E-state index contributed by atoms with van der Waals surface area (Å²) in [6.07, 6.45) is 1.08. The van der Waals surface area contributed by atoms with Gasteiger partial charge in [0.25, 0.3) is 5.91 Å². The first-order valence-corrected chi connectivity index (χ1v) is 11.7. The number of benzene rings is 2. The fraction of sp³-hybridized carbons (Fsp3) is 0.318. The molecule has 0 aromatic heterocycles. The van der Waals surface area contributed by atoms with Crippen LogP contribution in [0.1, 0.15) is 22.3 Å². The Bertz CT molecular complexity index is 1020. The standard InChI is InChI=1S/C22H24ClN5O3S/c23-15-9-7-14(8-10-15)20(30)25-18-19(24)26-22(27-21(18)31)32-12-17(29)28-11-3-5-13-4-1-2-6-16(13)28/h1-2,4,6-10,18-19,22,26H,3,5,11-12,24H2,(H,25,30)(H,27,31). The Morgan fingerprint density at radius 1 is 1.19 bits per heavy atom. The normalized spacial score (nSPS) is 22.6. The smallest absolute Gasteiger partial charge is 0.252 e. The molecule has 0 bridgehead atoms. The number of nitrogens with two attached hydrogens (primary N) is 1. The highest BCUT2D eigenvalue weighted by molar-refractivity contribution is 8.00. The second-order valence-electron chi connectivity index (χ2n) is 7.63. The van der Waals surface area contributed by atoms with E-state index >= 15 is 0 Å². The van der Waals surface area contributed by atoms with Crippen LogP contribution in [0.4, 0.5) is 5.69 Å². The molecule has 1 fully saturated rings. The van der Waals surface area contributed by atoms with Gasteiger partial charge in [-0.05, 0) is 48.7 Å². The third-order valence-corrected chi connectivity index (χ3v) is 6.69. The van der Waals surface area contributed by atoms with Gasteiger partial charge in [0.15, 0.2) is 0 Å². The summed E-state index contributed by atoms with van der Waals surface area (Å²) in [4.78, 5) is 39.6. The van der Waals surface area contributed by atoms with E-state index in [1.54, 1.807) is 29.2 Å². The molecule has 2 aliphatic heterocycles. The lowest BCUT2D eigenvalue weighted by Gasteiger charge is -2.35. The van der Waals surface area contributed by atoms with E-state index in [0.717, 1.165) is 18.5 Å². The third-order valence-electron chi connectivity index (χ3n) is 5.44. The van der Waals surface area contributed by atoms with Gasteiger partial charge in [-0.25, -0.2) is 0 Å². The number of amides is 3. The number of nitrogens with zero attached hydrogens (tertiary/aromatic N) is 1. The molecular formula is C22H24ClN5O3S. The molecule has 32 heavy (non-hydrogen) atoms. The van der Waals surface area contributed by atoms with Crippen LogP contribution in [-0.4, -0.2) is 47.7 Å². The Kier molecular flexibility index (Phi) is 7.00. The molecule has 0 radical (unpaired) electrons. The monoisotopic (exact) mass is 473 g/mol. The van der Waals surface area contributed by atoms with E-state index < -0.39 is 29.5 Å². The van der Waals surface area contributed by atoms with Gasteiger partial charge in [-0.2, -0.15) is 0 Å². The van der Waals surface area contributed by atoms with Gasteiger partial charge in [0.1, 0.15) is 11.5 Å². The summed E-state index contributed by atoms with van der Waals surface area (Å²) in [5.74, 6) is -0.679. The number of anilines is 1. The Morgan fingerprint density at radius 2 is 1.94 bits per heavy atom. The molecule has 8 nitrogen and oxygen atoms in total. The van der Waals surface area contributed by atoms with Crippen LogP contribution in [0.25, 0.3) is 0 Å². The largest absolute Gasteiger partial charge is 0.338 e. The molecule has 10 heteroatoms. The van der Waals surface area contributed by atoms with Crippen molar-refractivity contribution in [2.24, 2.45) is 5.73 Å². The number of para-hydroxylation sites is 1. The van der Waals surface area contributed by atoms with E-state index in [2.05, 4.69) is 16.0 Å². The molecule has 3 unspecified atom stereocenters. The lowest BCUT2D eigenvalue weighted by molar-refractivity contribution is -0.125. The number of hydrogen-bond donors (Lipinski definition) is 4. The third kappa shape index (κ3) is 5.07. The van der Waals surface area contributed by atoms with Crippen LogP contribution < -0.4 is 26.6 Å². The number of nitrogens with one attached hydrogen (secondary N) is 3. The maximum absolute atomic E-state index is 12.8. The number of hydrogen-bond acceptors (Lipinski definition) is 6. The molecule has 2 aliphatic rings. The zero-order valence-electron chi connectivity index (χ0n) is 17.2. The minimum absolute atomic E-state index is 0.0232. The predicted octanol–water partition coefficient (Wildman–Crippen LogP) is 1.44. The topological polar surface area (TPSA) is 117 Å². The van der Waals surface area contributed by atoms with Crippen LogP contribution in [0.5, 0.6) is 0 Å². The van der Waals surface area contributed by atoms with Crippen LogP contribution in [0.15, 0.2) is 48.5 Å².